The summed E-state index contributed by atoms with van der Waals surface area (Å²) in [6.45, 7) is 1.49. The van der Waals surface area contributed by atoms with E-state index in [1.165, 1.54) is 0 Å². The van der Waals surface area contributed by atoms with Crippen LogP contribution in [-0.2, 0) is 14.4 Å². The highest BCUT2D eigenvalue weighted by atomic mass is 16.4. The van der Waals surface area contributed by atoms with Crippen molar-refractivity contribution in [2.75, 3.05) is 11.9 Å². The second-order valence-electron chi connectivity index (χ2n) is 8.10. The number of allylic oxidation sites excluding steroid dienone is 2. The van der Waals surface area contributed by atoms with Gasteiger partial charge in [0.05, 0.1) is 5.57 Å². The number of carboxylic acid groups (broad SMARTS) is 1. The molecule has 1 aliphatic carbocycles. The molecule has 4 rings (SSSR count). The van der Waals surface area contributed by atoms with Crippen LogP contribution in [0.1, 0.15) is 29.5 Å². The maximum absolute atomic E-state index is 12.8. The van der Waals surface area contributed by atoms with Gasteiger partial charge in [-0.3, -0.25) is 9.59 Å². The molecular weight excluding hydrogens is 434 g/mol. The van der Waals surface area contributed by atoms with Crippen molar-refractivity contribution in [1.29, 1.82) is 0 Å². The Bertz CT molecular complexity index is 1290. The number of nitrogens with zero attached hydrogens (tertiary/aromatic N) is 1. The number of carbonyl (C=O) groups excluding carboxylic acids is 3. The number of hydrogen-bond acceptors (Lipinski definition) is 4. The van der Waals surface area contributed by atoms with Crippen molar-refractivity contribution in [3.8, 4) is 0 Å². The number of carboxylic acids is 1. The molecule has 1 fully saturated rings. The van der Waals surface area contributed by atoms with E-state index in [1.54, 1.807) is 48.6 Å². The van der Waals surface area contributed by atoms with Crippen LogP contribution in [0.25, 0.3) is 11.6 Å². The first-order chi connectivity index (χ1) is 16.3. The van der Waals surface area contributed by atoms with Crippen molar-refractivity contribution in [2.45, 2.75) is 19.8 Å². The Morgan fingerprint density at radius 1 is 1.15 bits per heavy atom. The molecule has 0 spiro atoms. The number of benzene rings is 2. The van der Waals surface area contributed by atoms with E-state index >= 15 is 0 Å². The smallest absolute Gasteiger partial charge is 0.335 e. The molecule has 8 heteroatoms. The molecule has 2 aliphatic rings. The summed E-state index contributed by atoms with van der Waals surface area (Å²) in [7, 11) is 0. The molecular formula is C26H23N3O5. The zero-order chi connectivity index (χ0) is 24.2. The van der Waals surface area contributed by atoms with E-state index < -0.39 is 30.4 Å². The van der Waals surface area contributed by atoms with E-state index in [0.717, 1.165) is 21.6 Å². The second-order valence-corrected chi connectivity index (χ2v) is 8.10. The number of amides is 4. The summed E-state index contributed by atoms with van der Waals surface area (Å²) in [5, 5.41) is 14.5. The molecule has 1 heterocycles. The number of anilines is 1. The minimum absolute atomic E-state index is 0.0641. The molecule has 2 aromatic carbocycles. The Kier molecular flexibility index (Phi) is 6.40. The number of rotatable bonds is 6. The highest BCUT2D eigenvalue weighted by Gasteiger charge is 2.34. The maximum atomic E-state index is 12.8. The van der Waals surface area contributed by atoms with Crippen LogP contribution in [0.3, 0.4) is 0 Å². The second kappa shape index (κ2) is 9.58. The fourth-order valence-electron chi connectivity index (χ4n) is 3.86. The number of hydrogen-bond donors (Lipinski definition) is 3. The van der Waals surface area contributed by atoms with Crippen LogP contribution in [-0.4, -0.2) is 40.4 Å². The van der Waals surface area contributed by atoms with Crippen LogP contribution < -0.4 is 10.6 Å². The minimum atomic E-state index is -0.971. The number of aryl methyl sites for hydroxylation is 1. The van der Waals surface area contributed by atoms with Gasteiger partial charge < -0.3 is 15.7 Å². The summed E-state index contributed by atoms with van der Waals surface area (Å²) in [6, 6.07) is 13.8. The van der Waals surface area contributed by atoms with Gasteiger partial charge in [-0.1, -0.05) is 36.4 Å². The first kappa shape index (κ1) is 22.7. The van der Waals surface area contributed by atoms with Gasteiger partial charge in [0.15, 0.2) is 0 Å². The summed E-state index contributed by atoms with van der Waals surface area (Å²) >= 11 is 0. The zero-order valence-electron chi connectivity index (χ0n) is 18.5. The lowest BCUT2D eigenvalue weighted by atomic mass is 9.92. The van der Waals surface area contributed by atoms with Gasteiger partial charge in [-0.2, -0.15) is 0 Å². The quantitative estimate of drug-likeness (QED) is 0.452. The Morgan fingerprint density at radius 3 is 2.71 bits per heavy atom. The van der Waals surface area contributed by atoms with Crippen molar-refractivity contribution >= 4 is 41.2 Å². The van der Waals surface area contributed by atoms with Gasteiger partial charge in [0.2, 0.25) is 5.91 Å². The van der Waals surface area contributed by atoms with Crippen molar-refractivity contribution in [3.63, 3.8) is 0 Å². The third kappa shape index (κ3) is 5.12. The largest absolute Gasteiger partial charge is 0.478 e. The fourth-order valence-corrected chi connectivity index (χ4v) is 3.86. The summed E-state index contributed by atoms with van der Waals surface area (Å²) in [6.07, 6.45) is 6.21. The molecule has 3 N–H and O–H groups in total. The number of imide groups is 1. The predicted molar refractivity (Wildman–Crippen MR) is 127 cm³/mol. The average Bonchev–Trinajstić information content (AvgIpc) is 3.06. The fraction of sp³-hybridized carbons (Fsp3) is 0.154. The van der Waals surface area contributed by atoms with Gasteiger partial charge in [0.25, 0.3) is 5.91 Å². The first-order valence-electron chi connectivity index (χ1n) is 10.8. The molecule has 172 valence electrons. The predicted octanol–water partition coefficient (Wildman–Crippen LogP) is 3.71. The number of carbonyl (C=O) groups is 4. The highest BCUT2D eigenvalue weighted by Crippen LogP contribution is 2.28. The third-order valence-electron chi connectivity index (χ3n) is 5.49. The van der Waals surface area contributed by atoms with Gasteiger partial charge in [-0.05, 0) is 72.4 Å². The third-order valence-corrected chi connectivity index (χ3v) is 5.49. The molecule has 0 aromatic heterocycles. The van der Waals surface area contributed by atoms with Crippen LogP contribution in [0, 0.1) is 6.92 Å². The standard InChI is InChI=1S/C26H23N3O5/c1-16-5-2-10-21(11-16)27-23(30)15-29-24(31)22(28-26(29)34)13-17-6-3-7-18(12-17)19-8-4-9-20(14-19)25(32)33/h2-3,5-7,9-14H,4,8,15H2,1H3,(H,27,30)(H,28,34)(H,32,33)/b22-13-. The maximum Gasteiger partial charge on any atom is 0.335 e. The number of urea groups is 1. The molecule has 0 radical (unpaired) electrons. The molecule has 0 saturated carbocycles. The number of nitrogens with one attached hydrogen (secondary N) is 2. The lowest BCUT2D eigenvalue weighted by Gasteiger charge is -2.13. The normalized spacial score (nSPS) is 16.7. The molecule has 0 unspecified atom stereocenters. The molecule has 0 bridgehead atoms. The summed E-state index contributed by atoms with van der Waals surface area (Å²) < 4.78 is 0. The van der Waals surface area contributed by atoms with E-state index in [9.17, 15) is 24.3 Å². The zero-order valence-corrected chi connectivity index (χ0v) is 18.5. The summed E-state index contributed by atoms with van der Waals surface area (Å²) in [5.41, 5.74) is 4.27. The Hall–Kier alpha value is -4.46. The molecule has 2 aromatic rings. The average molecular weight is 457 g/mol. The topological polar surface area (TPSA) is 116 Å². The van der Waals surface area contributed by atoms with Crippen molar-refractivity contribution in [3.05, 3.63) is 88.6 Å². The molecule has 34 heavy (non-hydrogen) atoms. The van der Waals surface area contributed by atoms with Crippen molar-refractivity contribution in [2.24, 2.45) is 0 Å². The SMILES string of the molecule is Cc1cccc(NC(=O)CN2C(=O)N/C(=C\c3cccc(C4=CC(C(=O)O)=CCC4)c3)C2=O)c1. The Balaban J connectivity index is 1.48. The summed E-state index contributed by atoms with van der Waals surface area (Å²) in [4.78, 5) is 49.6. The number of aliphatic carboxylic acids is 1. The first-order valence-corrected chi connectivity index (χ1v) is 10.8. The lowest BCUT2D eigenvalue weighted by Crippen LogP contribution is -2.38. The summed E-state index contributed by atoms with van der Waals surface area (Å²) in [5.74, 6) is -2.05. The van der Waals surface area contributed by atoms with Crippen molar-refractivity contribution in [1.82, 2.24) is 10.2 Å². The highest BCUT2D eigenvalue weighted by molar-refractivity contribution is 6.16. The van der Waals surface area contributed by atoms with Crippen LogP contribution >= 0.6 is 0 Å². The van der Waals surface area contributed by atoms with Crippen LogP contribution in [0.2, 0.25) is 0 Å². The van der Waals surface area contributed by atoms with Gasteiger partial charge in [-0.25, -0.2) is 14.5 Å². The molecule has 1 saturated heterocycles. The Labute approximate surface area is 196 Å². The molecule has 8 nitrogen and oxygen atoms in total. The van der Waals surface area contributed by atoms with Gasteiger partial charge in [0, 0.05) is 5.69 Å². The molecule has 4 amide bonds. The lowest BCUT2D eigenvalue weighted by molar-refractivity contribution is -0.132. The van der Waals surface area contributed by atoms with E-state index in [2.05, 4.69) is 10.6 Å². The van der Waals surface area contributed by atoms with Crippen LogP contribution in [0.15, 0.2) is 72.0 Å². The van der Waals surface area contributed by atoms with E-state index in [4.69, 9.17) is 0 Å². The van der Waals surface area contributed by atoms with E-state index in [-0.39, 0.29) is 11.3 Å². The monoisotopic (exact) mass is 457 g/mol. The van der Waals surface area contributed by atoms with Crippen LogP contribution in [0.5, 0.6) is 0 Å². The molecule has 0 atom stereocenters. The Morgan fingerprint density at radius 2 is 1.94 bits per heavy atom. The van der Waals surface area contributed by atoms with E-state index in [0.29, 0.717) is 24.1 Å². The van der Waals surface area contributed by atoms with Gasteiger partial charge in [-0.15, -0.1) is 0 Å². The molecule has 1 aliphatic heterocycles. The van der Waals surface area contributed by atoms with Gasteiger partial charge >= 0.3 is 12.0 Å². The van der Waals surface area contributed by atoms with E-state index in [1.807, 2.05) is 25.1 Å². The van der Waals surface area contributed by atoms with Crippen LogP contribution in [0.4, 0.5) is 10.5 Å². The minimum Gasteiger partial charge on any atom is -0.478 e. The van der Waals surface area contributed by atoms with Gasteiger partial charge in [0.1, 0.15) is 12.2 Å². The van der Waals surface area contributed by atoms with Crippen molar-refractivity contribution < 1.29 is 24.3 Å².